The van der Waals surface area contributed by atoms with Gasteiger partial charge in [0.05, 0.1) is 12.0 Å². The van der Waals surface area contributed by atoms with Crippen molar-refractivity contribution in [3.8, 4) is 0 Å². The fourth-order valence-corrected chi connectivity index (χ4v) is 1.98. The molecule has 15 heavy (non-hydrogen) atoms. The van der Waals surface area contributed by atoms with Gasteiger partial charge < -0.3 is 4.74 Å². The topological polar surface area (TPSA) is 39.2 Å². The van der Waals surface area contributed by atoms with Crippen LogP contribution in [0.1, 0.15) is 29.3 Å². The van der Waals surface area contributed by atoms with Crippen molar-refractivity contribution in [2.24, 2.45) is 5.92 Å². The van der Waals surface area contributed by atoms with Gasteiger partial charge in [-0.1, -0.05) is 0 Å². The number of carbonyl (C=O) groups is 1. The van der Waals surface area contributed by atoms with E-state index >= 15 is 0 Å². The largest absolute Gasteiger partial charge is 0.378 e. The molecule has 1 aromatic rings. The summed E-state index contributed by atoms with van der Waals surface area (Å²) in [6, 6.07) is 1.89. The van der Waals surface area contributed by atoms with Crippen LogP contribution in [0, 0.1) is 12.8 Å². The summed E-state index contributed by atoms with van der Waals surface area (Å²) >= 11 is 0. The first-order valence-electron chi connectivity index (χ1n) is 5.26. The number of rotatable bonds is 2. The van der Waals surface area contributed by atoms with Gasteiger partial charge in [0.2, 0.25) is 0 Å². The van der Waals surface area contributed by atoms with E-state index in [4.69, 9.17) is 4.74 Å². The van der Waals surface area contributed by atoms with Crippen LogP contribution in [0.15, 0.2) is 18.5 Å². The van der Waals surface area contributed by atoms with Gasteiger partial charge in [-0.2, -0.15) is 0 Å². The Morgan fingerprint density at radius 1 is 1.53 bits per heavy atom. The minimum absolute atomic E-state index is 0.00796. The van der Waals surface area contributed by atoms with Gasteiger partial charge in [-0.3, -0.25) is 9.78 Å². The summed E-state index contributed by atoms with van der Waals surface area (Å²) in [5.41, 5.74) is 1.73. The summed E-state index contributed by atoms with van der Waals surface area (Å²) in [4.78, 5) is 16.1. The number of Topliss-reactive ketones (excluding diaryl/α,β-unsaturated/α-hetero) is 1. The van der Waals surface area contributed by atoms with Gasteiger partial charge in [0, 0.05) is 24.6 Å². The number of ketones is 1. The van der Waals surface area contributed by atoms with Crippen molar-refractivity contribution in [2.45, 2.75) is 26.4 Å². The van der Waals surface area contributed by atoms with Gasteiger partial charge in [0.25, 0.3) is 0 Å². The zero-order valence-electron chi connectivity index (χ0n) is 9.06. The first-order valence-corrected chi connectivity index (χ1v) is 5.26. The maximum absolute atomic E-state index is 12.1. The summed E-state index contributed by atoms with van der Waals surface area (Å²) < 4.78 is 5.40. The van der Waals surface area contributed by atoms with Crippen molar-refractivity contribution in [3.63, 3.8) is 0 Å². The van der Waals surface area contributed by atoms with E-state index in [-0.39, 0.29) is 17.8 Å². The Labute approximate surface area is 89.5 Å². The van der Waals surface area contributed by atoms with Crippen LogP contribution in [0.25, 0.3) is 0 Å². The van der Waals surface area contributed by atoms with Gasteiger partial charge in [0.15, 0.2) is 5.78 Å². The van der Waals surface area contributed by atoms with Gasteiger partial charge >= 0.3 is 0 Å². The Morgan fingerprint density at radius 2 is 2.33 bits per heavy atom. The fourth-order valence-electron chi connectivity index (χ4n) is 1.98. The van der Waals surface area contributed by atoms with E-state index in [1.54, 1.807) is 12.4 Å². The molecule has 0 aromatic carbocycles. The van der Waals surface area contributed by atoms with Crippen molar-refractivity contribution >= 4 is 5.78 Å². The Hall–Kier alpha value is -1.22. The van der Waals surface area contributed by atoms with E-state index in [1.165, 1.54) is 0 Å². The first kappa shape index (κ1) is 10.3. The number of nitrogens with zero attached hydrogens (tertiary/aromatic N) is 1. The Balaban J connectivity index is 2.20. The van der Waals surface area contributed by atoms with E-state index in [1.807, 2.05) is 19.9 Å². The van der Waals surface area contributed by atoms with E-state index in [2.05, 4.69) is 4.98 Å². The lowest BCUT2D eigenvalue weighted by molar-refractivity contribution is 0.0764. The summed E-state index contributed by atoms with van der Waals surface area (Å²) in [5, 5.41) is 0. The molecule has 3 heteroatoms. The monoisotopic (exact) mass is 205 g/mol. The molecule has 0 amide bonds. The number of ether oxygens (including phenoxy) is 1. The number of aromatic nitrogens is 1. The highest BCUT2D eigenvalue weighted by Gasteiger charge is 2.31. The third-order valence-corrected chi connectivity index (χ3v) is 2.87. The molecule has 2 heterocycles. The average Bonchev–Trinajstić information content (AvgIpc) is 2.63. The highest BCUT2D eigenvalue weighted by molar-refractivity contribution is 5.98. The molecule has 0 N–H and O–H groups in total. The highest BCUT2D eigenvalue weighted by atomic mass is 16.5. The Kier molecular flexibility index (Phi) is 2.82. The maximum atomic E-state index is 12.1. The molecular weight excluding hydrogens is 190 g/mol. The normalized spacial score (nSPS) is 25.5. The van der Waals surface area contributed by atoms with Crippen molar-refractivity contribution in [2.75, 3.05) is 6.61 Å². The van der Waals surface area contributed by atoms with Gasteiger partial charge in [-0.25, -0.2) is 0 Å². The maximum Gasteiger partial charge on any atom is 0.170 e. The van der Waals surface area contributed by atoms with Gasteiger partial charge in [0.1, 0.15) is 0 Å². The van der Waals surface area contributed by atoms with Gasteiger partial charge in [-0.05, 0) is 31.9 Å². The Bertz CT molecular complexity index is 376. The smallest absolute Gasteiger partial charge is 0.170 e. The molecule has 2 atom stereocenters. The van der Waals surface area contributed by atoms with Crippen molar-refractivity contribution < 1.29 is 9.53 Å². The average molecular weight is 205 g/mol. The van der Waals surface area contributed by atoms with Crippen LogP contribution in [0.2, 0.25) is 0 Å². The van der Waals surface area contributed by atoms with Crippen molar-refractivity contribution in [1.29, 1.82) is 0 Å². The summed E-state index contributed by atoms with van der Waals surface area (Å²) in [7, 11) is 0. The minimum atomic E-state index is 0.00796. The number of hydrogen-bond acceptors (Lipinski definition) is 3. The predicted octanol–water partition coefficient (Wildman–Crippen LogP) is 2.00. The lowest BCUT2D eigenvalue weighted by atomic mass is 9.93. The quantitative estimate of drug-likeness (QED) is 0.693. The lowest BCUT2D eigenvalue weighted by Crippen LogP contribution is -2.21. The van der Waals surface area contributed by atoms with Gasteiger partial charge in [-0.15, -0.1) is 0 Å². The van der Waals surface area contributed by atoms with E-state index < -0.39 is 0 Å². The minimum Gasteiger partial charge on any atom is -0.378 e. The third kappa shape index (κ3) is 2.07. The molecule has 0 aliphatic carbocycles. The molecule has 1 aliphatic rings. The van der Waals surface area contributed by atoms with Crippen molar-refractivity contribution in [3.05, 3.63) is 29.6 Å². The van der Waals surface area contributed by atoms with Crippen LogP contribution in [-0.2, 0) is 4.74 Å². The molecule has 1 fully saturated rings. The fraction of sp³-hybridized carbons (Fsp3) is 0.500. The lowest BCUT2D eigenvalue weighted by Gasteiger charge is -2.12. The predicted molar refractivity (Wildman–Crippen MR) is 56.8 cm³/mol. The molecule has 80 valence electrons. The summed E-state index contributed by atoms with van der Waals surface area (Å²) in [6.45, 7) is 4.59. The summed E-state index contributed by atoms with van der Waals surface area (Å²) in [5.74, 6) is 0.171. The molecule has 0 spiro atoms. The van der Waals surface area contributed by atoms with Crippen LogP contribution in [0.5, 0.6) is 0 Å². The molecule has 0 bridgehead atoms. The zero-order chi connectivity index (χ0) is 10.8. The second-order valence-corrected chi connectivity index (χ2v) is 4.09. The number of hydrogen-bond donors (Lipinski definition) is 0. The standard InChI is InChI=1S/C12H15NO2/c1-8-5-10(7-13-6-8)12(14)11-3-4-15-9(11)2/h5-7,9,11H,3-4H2,1-2H3. The van der Waals surface area contributed by atoms with E-state index in [9.17, 15) is 4.79 Å². The second-order valence-electron chi connectivity index (χ2n) is 4.09. The van der Waals surface area contributed by atoms with Crippen LogP contribution >= 0.6 is 0 Å². The van der Waals surface area contributed by atoms with Crippen LogP contribution in [0.4, 0.5) is 0 Å². The van der Waals surface area contributed by atoms with Crippen LogP contribution in [0.3, 0.4) is 0 Å². The second kappa shape index (κ2) is 4.11. The van der Waals surface area contributed by atoms with Crippen molar-refractivity contribution in [1.82, 2.24) is 4.98 Å². The first-order chi connectivity index (χ1) is 7.18. The van der Waals surface area contributed by atoms with Crippen LogP contribution in [-0.4, -0.2) is 23.5 Å². The summed E-state index contributed by atoms with van der Waals surface area (Å²) in [6.07, 6.45) is 4.26. The molecule has 3 nitrogen and oxygen atoms in total. The SMILES string of the molecule is Cc1cncc(C(=O)C2CCOC2C)c1. The van der Waals surface area contributed by atoms with E-state index in [0.717, 1.165) is 12.0 Å². The molecule has 0 saturated carbocycles. The molecule has 1 aromatic heterocycles. The highest BCUT2D eigenvalue weighted by Crippen LogP contribution is 2.24. The van der Waals surface area contributed by atoms with Crippen LogP contribution < -0.4 is 0 Å². The number of carbonyl (C=O) groups excluding carboxylic acids is 1. The number of aryl methyl sites for hydroxylation is 1. The third-order valence-electron chi connectivity index (χ3n) is 2.87. The zero-order valence-corrected chi connectivity index (χ0v) is 9.06. The Morgan fingerprint density at radius 3 is 2.93 bits per heavy atom. The molecule has 2 rings (SSSR count). The molecule has 1 saturated heterocycles. The molecular formula is C12H15NO2. The molecule has 2 unspecified atom stereocenters. The van der Waals surface area contributed by atoms with E-state index in [0.29, 0.717) is 12.2 Å². The molecule has 1 aliphatic heterocycles. The molecule has 0 radical (unpaired) electrons. The number of pyridine rings is 1.